The lowest BCUT2D eigenvalue weighted by Gasteiger charge is -2.27. The van der Waals surface area contributed by atoms with Crippen molar-refractivity contribution >= 4 is 27.4 Å². The molecule has 1 atom stereocenters. The number of esters is 1. The number of ether oxygens (including phenoxy) is 3. The Bertz CT molecular complexity index is 1100. The van der Waals surface area contributed by atoms with E-state index in [4.69, 9.17) is 14.2 Å². The molecule has 0 spiro atoms. The summed E-state index contributed by atoms with van der Waals surface area (Å²) in [5, 5.41) is 1.11. The minimum absolute atomic E-state index is 0.0752. The molecular formula is C23H25NO7S. The molecule has 0 bridgehead atoms. The quantitative estimate of drug-likeness (QED) is 0.531. The fourth-order valence-electron chi connectivity index (χ4n) is 3.40. The van der Waals surface area contributed by atoms with Crippen molar-refractivity contribution in [1.29, 1.82) is 0 Å². The zero-order valence-corrected chi connectivity index (χ0v) is 18.7. The molecular weight excluding hydrogens is 434 g/mol. The molecule has 0 aliphatic carbocycles. The van der Waals surface area contributed by atoms with Gasteiger partial charge < -0.3 is 19.1 Å². The summed E-state index contributed by atoms with van der Waals surface area (Å²) >= 11 is 0. The van der Waals surface area contributed by atoms with E-state index >= 15 is 0 Å². The van der Waals surface area contributed by atoms with Crippen LogP contribution in [0.3, 0.4) is 0 Å². The maximum Gasteiger partial charge on any atom is 0.306 e. The number of rotatable bonds is 9. The summed E-state index contributed by atoms with van der Waals surface area (Å²) in [6, 6.07) is 13.4. The van der Waals surface area contributed by atoms with Crippen LogP contribution in [0.25, 0.3) is 0 Å². The smallest absolute Gasteiger partial charge is 0.306 e. The van der Waals surface area contributed by atoms with Gasteiger partial charge in [0.25, 0.3) is 5.91 Å². The van der Waals surface area contributed by atoms with Crippen LogP contribution in [-0.4, -0.2) is 52.9 Å². The molecule has 0 saturated heterocycles. The number of hydrogen-bond donors (Lipinski definition) is 0. The minimum atomic E-state index is -3.36. The van der Waals surface area contributed by atoms with Gasteiger partial charge in [0.1, 0.15) is 0 Å². The molecule has 2 aromatic carbocycles. The first-order chi connectivity index (χ1) is 15.3. The van der Waals surface area contributed by atoms with Crippen LogP contribution < -0.4 is 14.4 Å². The normalized spacial score (nSPS) is 16.4. The van der Waals surface area contributed by atoms with Gasteiger partial charge in [0.05, 0.1) is 26.0 Å². The number of sulfone groups is 1. The van der Waals surface area contributed by atoms with Crippen LogP contribution in [0.5, 0.6) is 11.5 Å². The number of benzene rings is 2. The number of hydrogen-bond acceptors (Lipinski definition) is 7. The second-order valence-electron chi connectivity index (χ2n) is 7.17. The molecule has 3 rings (SSSR count). The Hall–Kier alpha value is -3.33. The number of carbonyl (C=O) groups is 2. The predicted molar refractivity (Wildman–Crippen MR) is 119 cm³/mol. The van der Waals surface area contributed by atoms with Crippen molar-refractivity contribution in [2.24, 2.45) is 0 Å². The Morgan fingerprint density at radius 1 is 1.03 bits per heavy atom. The molecule has 0 fully saturated rings. The van der Waals surface area contributed by atoms with E-state index in [0.29, 0.717) is 23.6 Å². The Morgan fingerprint density at radius 3 is 2.38 bits per heavy atom. The lowest BCUT2D eigenvalue weighted by atomic mass is 10.1. The molecule has 32 heavy (non-hydrogen) atoms. The van der Waals surface area contributed by atoms with Crippen molar-refractivity contribution in [3.8, 4) is 11.5 Å². The number of amides is 1. The summed E-state index contributed by atoms with van der Waals surface area (Å²) in [6.07, 6.45) is 1.95. The molecule has 0 saturated carbocycles. The summed E-state index contributed by atoms with van der Waals surface area (Å²) in [5.41, 5.74) is 1.39. The summed E-state index contributed by atoms with van der Waals surface area (Å²) in [6.45, 7) is -0.482. The van der Waals surface area contributed by atoms with Gasteiger partial charge in [-0.25, -0.2) is 8.42 Å². The van der Waals surface area contributed by atoms with Crippen LogP contribution in [0.1, 0.15) is 12.0 Å². The monoisotopic (exact) mass is 459 g/mol. The minimum Gasteiger partial charge on any atom is -0.493 e. The first kappa shape index (κ1) is 23.3. The number of nitrogens with zero attached hydrogens (tertiary/aromatic N) is 1. The largest absolute Gasteiger partial charge is 0.493 e. The van der Waals surface area contributed by atoms with Crippen molar-refractivity contribution in [1.82, 2.24) is 0 Å². The standard InChI is InChI=1S/C23H25NO7S/c1-29-20-10-8-17(14-21(20)30-2)9-11-23(26)31-15-22(25)24(18-6-4-3-5-7-18)19-12-13-32(27,28)16-19/h3-8,10,12-14,19H,9,11,15-16H2,1-2H3/t19-/m0/s1. The molecule has 9 heteroatoms. The Balaban J connectivity index is 1.60. The third kappa shape index (κ3) is 5.88. The topological polar surface area (TPSA) is 99.2 Å². The van der Waals surface area contributed by atoms with Crippen molar-refractivity contribution in [3.05, 3.63) is 65.6 Å². The molecule has 8 nitrogen and oxygen atoms in total. The highest BCUT2D eigenvalue weighted by atomic mass is 32.2. The molecule has 1 aliphatic heterocycles. The van der Waals surface area contributed by atoms with Crippen LogP contribution in [0, 0.1) is 0 Å². The molecule has 170 valence electrons. The molecule has 0 aromatic heterocycles. The first-order valence-electron chi connectivity index (χ1n) is 9.97. The highest BCUT2D eigenvalue weighted by molar-refractivity contribution is 7.94. The molecule has 0 N–H and O–H groups in total. The number of carbonyl (C=O) groups excluding carboxylic acids is 2. The molecule has 0 radical (unpaired) electrons. The van der Waals surface area contributed by atoms with Crippen molar-refractivity contribution < 1.29 is 32.2 Å². The van der Waals surface area contributed by atoms with Gasteiger partial charge in [0.2, 0.25) is 0 Å². The second kappa shape index (κ2) is 10.3. The number of para-hydroxylation sites is 1. The van der Waals surface area contributed by atoms with Gasteiger partial charge in [-0.2, -0.15) is 0 Å². The van der Waals surface area contributed by atoms with Crippen LogP contribution >= 0.6 is 0 Å². The van der Waals surface area contributed by atoms with Crippen LogP contribution in [0.2, 0.25) is 0 Å². The molecule has 0 unspecified atom stereocenters. The van der Waals surface area contributed by atoms with E-state index in [1.54, 1.807) is 49.6 Å². The SMILES string of the molecule is COc1ccc(CCC(=O)OCC(=O)N(c2ccccc2)[C@H]2C=CS(=O)(=O)C2)cc1OC. The van der Waals surface area contributed by atoms with Crippen LogP contribution in [0.4, 0.5) is 5.69 Å². The van der Waals surface area contributed by atoms with Gasteiger partial charge in [-0.05, 0) is 42.3 Å². The maximum absolute atomic E-state index is 12.9. The van der Waals surface area contributed by atoms with E-state index in [1.807, 2.05) is 6.07 Å². The van der Waals surface area contributed by atoms with E-state index in [-0.39, 0.29) is 12.2 Å². The second-order valence-corrected chi connectivity index (χ2v) is 9.11. The predicted octanol–water partition coefficient (Wildman–Crippen LogP) is 2.52. The zero-order chi connectivity index (χ0) is 23.1. The number of methoxy groups -OCH3 is 2. The van der Waals surface area contributed by atoms with E-state index in [1.165, 1.54) is 18.1 Å². The summed E-state index contributed by atoms with van der Waals surface area (Å²) in [7, 11) is -0.289. The van der Waals surface area contributed by atoms with E-state index in [2.05, 4.69) is 0 Å². The fourth-order valence-corrected chi connectivity index (χ4v) is 4.66. The van der Waals surface area contributed by atoms with Gasteiger partial charge >= 0.3 is 5.97 Å². The van der Waals surface area contributed by atoms with Crippen molar-refractivity contribution in [2.75, 3.05) is 31.5 Å². The van der Waals surface area contributed by atoms with Crippen LogP contribution in [0.15, 0.2) is 60.0 Å². The summed E-state index contributed by atoms with van der Waals surface area (Å²) in [5.74, 6) is -0.0842. The molecule has 1 amide bonds. The van der Waals surface area contributed by atoms with Gasteiger partial charge in [-0.15, -0.1) is 0 Å². The van der Waals surface area contributed by atoms with Crippen molar-refractivity contribution in [3.63, 3.8) is 0 Å². The van der Waals surface area contributed by atoms with Crippen molar-refractivity contribution in [2.45, 2.75) is 18.9 Å². The lowest BCUT2D eigenvalue weighted by Crippen LogP contribution is -2.43. The van der Waals surface area contributed by atoms with Gasteiger partial charge in [-0.1, -0.05) is 24.3 Å². The zero-order valence-electron chi connectivity index (χ0n) is 17.9. The van der Waals surface area contributed by atoms with Gasteiger partial charge in [-0.3, -0.25) is 9.59 Å². The van der Waals surface area contributed by atoms with Crippen LogP contribution in [-0.2, 0) is 30.6 Å². The average Bonchev–Trinajstić information content (AvgIpc) is 3.15. The molecule has 2 aromatic rings. The van der Waals surface area contributed by atoms with E-state index in [0.717, 1.165) is 11.0 Å². The van der Waals surface area contributed by atoms with Gasteiger partial charge in [0, 0.05) is 17.5 Å². The summed E-state index contributed by atoms with van der Waals surface area (Å²) < 4.78 is 39.3. The summed E-state index contributed by atoms with van der Waals surface area (Å²) in [4.78, 5) is 26.4. The highest BCUT2D eigenvalue weighted by Gasteiger charge is 2.31. The van der Waals surface area contributed by atoms with E-state index in [9.17, 15) is 18.0 Å². The fraction of sp³-hybridized carbons (Fsp3) is 0.304. The lowest BCUT2D eigenvalue weighted by molar-refractivity contribution is -0.147. The Labute approximate surface area is 187 Å². The Morgan fingerprint density at radius 2 is 1.75 bits per heavy atom. The third-order valence-corrected chi connectivity index (χ3v) is 6.35. The van der Waals surface area contributed by atoms with E-state index < -0.39 is 34.4 Å². The van der Waals surface area contributed by atoms with Gasteiger partial charge in [0.15, 0.2) is 27.9 Å². The number of aryl methyl sites for hydroxylation is 1. The maximum atomic E-state index is 12.9. The first-order valence-corrected chi connectivity index (χ1v) is 11.7. The highest BCUT2D eigenvalue weighted by Crippen LogP contribution is 2.28. The number of anilines is 1. The average molecular weight is 460 g/mol. The molecule has 1 heterocycles. The molecule has 1 aliphatic rings. The third-order valence-electron chi connectivity index (χ3n) is 4.97. The Kier molecular flexibility index (Phi) is 7.53.